The molecule has 18 heavy (non-hydrogen) atoms. The third-order valence-electron chi connectivity index (χ3n) is 3.68. The van der Waals surface area contributed by atoms with Crippen molar-refractivity contribution in [1.29, 1.82) is 0 Å². The van der Waals surface area contributed by atoms with Crippen molar-refractivity contribution in [3.63, 3.8) is 0 Å². The van der Waals surface area contributed by atoms with E-state index in [9.17, 15) is 0 Å². The van der Waals surface area contributed by atoms with E-state index in [0.29, 0.717) is 5.92 Å². The van der Waals surface area contributed by atoms with E-state index in [1.54, 1.807) is 0 Å². The van der Waals surface area contributed by atoms with Crippen LogP contribution in [0, 0.1) is 6.92 Å². The second kappa shape index (κ2) is 5.86. The molecule has 2 aromatic carbocycles. The van der Waals surface area contributed by atoms with Crippen molar-refractivity contribution in [1.82, 2.24) is 0 Å². The SMILES string of the molecule is CCc1ccc(C(CC)c2ccc(C)cc2)cc1. The second-order valence-corrected chi connectivity index (χ2v) is 4.97. The minimum atomic E-state index is 0.525. The van der Waals surface area contributed by atoms with Crippen LogP contribution >= 0.6 is 0 Å². The smallest absolute Gasteiger partial charge is 0.00867 e. The Morgan fingerprint density at radius 1 is 0.778 bits per heavy atom. The summed E-state index contributed by atoms with van der Waals surface area (Å²) in [5.74, 6) is 0.525. The maximum Gasteiger partial charge on any atom is 0.00867 e. The van der Waals surface area contributed by atoms with Gasteiger partial charge in [0.2, 0.25) is 0 Å². The third kappa shape index (κ3) is 2.81. The molecular weight excluding hydrogens is 216 g/mol. The highest BCUT2D eigenvalue weighted by Crippen LogP contribution is 2.28. The predicted molar refractivity (Wildman–Crippen MR) is 79.1 cm³/mol. The second-order valence-electron chi connectivity index (χ2n) is 4.97. The summed E-state index contributed by atoms with van der Waals surface area (Å²) in [5.41, 5.74) is 5.60. The molecule has 0 aliphatic rings. The topological polar surface area (TPSA) is 0 Å². The zero-order valence-corrected chi connectivity index (χ0v) is 11.6. The third-order valence-corrected chi connectivity index (χ3v) is 3.68. The first-order valence-corrected chi connectivity index (χ1v) is 6.90. The highest BCUT2D eigenvalue weighted by Gasteiger charge is 2.11. The summed E-state index contributed by atoms with van der Waals surface area (Å²) in [4.78, 5) is 0. The summed E-state index contributed by atoms with van der Waals surface area (Å²) in [6.07, 6.45) is 2.26. The molecule has 0 N–H and O–H groups in total. The van der Waals surface area contributed by atoms with Gasteiger partial charge in [-0.05, 0) is 36.5 Å². The summed E-state index contributed by atoms with van der Waals surface area (Å²) < 4.78 is 0. The molecule has 0 amide bonds. The lowest BCUT2D eigenvalue weighted by molar-refractivity contribution is 0.776. The number of benzene rings is 2. The van der Waals surface area contributed by atoms with Gasteiger partial charge in [0.15, 0.2) is 0 Å². The molecule has 0 aliphatic carbocycles. The quantitative estimate of drug-likeness (QED) is 0.695. The van der Waals surface area contributed by atoms with Gasteiger partial charge in [0.25, 0.3) is 0 Å². The zero-order chi connectivity index (χ0) is 13.0. The normalized spacial score (nSPS) is 12.4. The molecule has 0 heteroatoms. The van der Waals surface area contributed by atoms with Crippen LogP contribution < -0.4 is 0 Å². The molecule has 1 unspecified atom stereocenters. The van der Waals surface area contributed by atoms with E-state index < -0.39 is 0 Å². The number of hydrogen-bond donors (Lipinski definition) is 0. The molecule has 0 heterocycles. The van der Waals surface area contributed by atoms with E-state index >= 15 is 0 Å². The Kier molecular flexibility index (Phi) is 4.19. The Morgan fingerprint density at radius 2 is 1.28 bits per heavy atom. The van der Waals surface area contributed by atoms with Crippen molar-refractivity contribution in [3.8, 4) is 0 Å². The van der Waals surface area contributed by atoms with Gasteiger partial charge in [0.05, 0.1) is 0 Å². The summed E-state index contributed by atoms with van der Waals surface area (Å²) in [6, 6.07) is 18.0. The molecule has 0 nitrogen and oxygen atoms in total. The van der Waals surface area contributed by atoms with Crippen LogP contribution in [0.5, 0.6) is 0 Å². The Balaban J connectivity index is 2.29. The molecule has 0 bridgehead atoms. The van der Waals surface area contributed by atoms with Crippen LogP contribution in [-0.2, 0) is 6.42 Å². The fourth-order valence-corrected chi connectivity index (χ4v) is 2.45. The van der Waals surface area contributed by atoms with Gasteiger partial charge < -0.3 is 0 Å². The van der Waals surface area contributed by atoms with Crippen LogP contribution in [0.15, 0.2) is 48.5 Å². The lowest BCUT2D eigenvalue weighted by atomic mass is 9.88. The first kappa shape index (κ1) is 12.9. The van der Waals surface area contributed by atoms with Gasteiger partial charge in [0, 0.05) is 5.92 Å². The van der Waals surface area contributed by atoms with Crippen molar-refractivity contribution in [2.75, 3.05) is 0 Å². The zero-order valence-electron chi connectivity index (χ0n) is 11.6. The number of hydrogen-bond acceptors (Lipinski definition) is 0. The van der Waals surface area contributed by atoms with Gasteiger partial charge in [-0.2, -0.15) is 0 Å². The minimum absolute atomic E-state index is 0.525. The van der Waals surface area contributed by atoms with E-state index in [1.807, 2.05) is 0 Å². The van der Waals surface area contributed by atoms with Crippen LogP contribution in [0.25, 0.3) is 0 Å². The molecule has 1 atom stereocenters. The number of rotatable bonds is 4. The monoisotopic (exact) mass is 238 g/mol. The first-order valence-electron chi connectivity index (χ1n) is 6.90. The van der Waals surface area contributed by atoms with Gasteiger partial charge in [-0.3, -0.25) is 0 Å². The minimum Gasteiger partial charge on any atom is -0.0645 e. The molecule has 0 spiro atoms. The average Bonchev–Trinajstić information content (AvgIpc) is 2.42. The standard InChI is InChI=1S/C18H22/c1-4-15-8-12-17(13-9-15)18(5-2)16-10-6-14(3)7-11-16/h6-13,18H,4-5H2,1-3H3. The molecule has 2 aromatic rings. The largest absolute Gasteiger partial charge is 0.0645 e. The van der Waals surface area contributed by atoms with Crippen molar-refractivity contribution in [2.45, 2.75) is 39.5 Å². The summed E-state index contributed by atoms with van der Waals surface area (Å²) >= 11 is 0. The van der Waals surface area contributed by atoms with Gasteiger partial charge >= 0.3 is 0 Å². The van der Waals surface area contributed by atoms with Gasteiger partial charge in [-0.1, -0.05) is 67.9 Å². The highest BCUT2D eigenvalue weighted by atomic mass is 14.2. The molecule has 2 rings (SSSR count). The first-order chi connectivity index (χ1) is 8.74. The fraction of sp³-hybridized carbons (Fsp3) is 0.333. The summed E-state index contributed by atoms with van der Waals surface area (Å²) in [5, 5.41) is 0. The predicted octanol–water partition coefficient (Wildman–Crippen LogP) is 5.10. The van der Waals surface area contributed by atoms with Crippen molar-refractivity contribution in [3.05, 3.63) is 70.8 Å². The van der Waals surface area contributed by atoms with Crippen molar-refractivity contribution in [2.24, 2.45) is 0 Å². The van der Waals surface area contributed by atoms with Crippen LogP contribution in [0.2, 0.25) is 0 Å². The molecular formula is C18H22. The van der Waals surface area contributed by atoms with Crippen LogP contribution in [0.1, 0.15) is 48.4 Å². The van der Waals surface area contributed by atoms with Crippen LogP contribution in [0.3, 0.4) is 0 Å². The molecule has 0 radical (unpaired) electrons. The van der Waals surface area contributed by atoms with E-state index in [0.717, 1.165) is 12.8 Å². The fourth-order valence-electron chi connectivity index (χ4n) is 2.45. The Hall–Kier alpha value is -1.56. The Bertz CT molecular complexity index is 476. The van der Waals surface area contributed by atoms with E-state index in [2.05, 4.69) is 69.3 Å². The van der Waals surface area contributed by atoms with Crippen molar-refractivity contribution < 1.29 is 0 Å². The highest BCUT2D eigenvalue weighted by molar-refractivity contribution is 5.35. The van der Waals surface area contributed by atoms with Gasteiger partial charge in [-0.15, -0.1) is 0 Å². The maximum absolute atomic E-state index is 2.28. The van der Waals surface area contributed by atoms with Gasteiger partial charge in [-0.25, -0.2) is 0 Å². The lowest BCUT2D eigenvalue weighted by Gasteiger charge is -2.16. The molecule has 94 valence electrons. The summed E-state index contributed by atoms with van der Waals surface area (Å²) in [6.45, 7) is 6.60. The Morgan fingerprint density at radius 3 is 1.72 bits per heavy atom. The van der Waals surface area contributed by atoms with Crippen LogP contribution in [-0.4, -0.2) is 0 Å². The molecule has 0 saturated carbocycles. The molecule has 0 saturated heterocycles. The number of aryl methyl sites for hydroxylation is 2. The molecule has 0 aliphatic heterocycles. The molecule has 0 aromatic heterocycles. The van der Waals surface area contributed by atoms with E-state index in [4.69, 9.17) is 0 Å². The van der Waals surface area contributed by atoms with Crippen molar-refractivity contribution >= 4 is 0 Å². The average molecular weight is 238 g/mol. The van der Waals surface area contributed by atoms with Crippen LogP contribution in [0.4, 0.5) is 0 Å². The van der Waals surface area contributed by atoms with E-state index in [-0.39, 0.29) is 0 Å². The Labute approximate surface area is 111 Å². The molecule has 0 fully saturated rings. The van der Waals surface area contributed by atoms with E-state index in [1.165, 1.54) is 22.3 Å². The van der Waals surface area contributed by atoms with Gasteiger partial charge in [0.1, 0.15) is 0 Å². The maximum atomic E-state index is 2.28. The summed E-state index contributed by atoms with van der Waals surface area (Å²) in [7, 11) is 0. The lowest BCUT2D eigenvalue weighted by Crippen LogP contribution is -1.99.